The minimum Gasteiger partial charge on any atom is -0.392 e. The van der Waals surface area contributed by atoms with E-state index in [0.29, 0.717) is 0 Å². The minimum absolute atomic E-state index is 0.0112. The van der Waals surface area contributed by atoms with Crippen LogP contribution >= 0.6 is 15.9 Å². The number of rotatable bonds is 3. The zero-order valence-corrected chi connectivity index (χ0v) is 10.6. The number of hydrogen-bond acceptors (Lipinski definition) is 2. The average molecular weight is 290 g/mol. The number of aliphatic hydroxyl groups excluding tert-OH is 1. The molecule has 1 aromatic rings. The molecule has 0 spiro atoms. The second-order valence-corrected chi connectivity index (χ2v) is 4.56. The molecule has 1 aromatic carbocycles. The quantitative estimate of drug-likeness (QED) is 0.896. The van der Waals surface area contributed by atoms with Crippen LogP contribution in [0.3, 0.4) is 0 Å². The number of carbonyl (C=O) groups is 1. The van der Waals surface area contributed by atoms with Crippen LogP contribution in [0.5, 0.6) is 0 Å². The normalized spacial score (nSPS) is 10.6. The van der Waals surface area contributed by atoms with Crippen LogP contribution in [0.1, 0.15) is 29.8 Å². The van der Waals surface area contributed by atoms with E-state index >= 15 is 0 Å². The molecule has 0 heterocycles. The van der Waals surface area contributed by atoms with Gasteiger partial charge in [-0.25, -0.2) is 4.39 Å². The Bertz CT molecular complexity index is 407. The topological polar surface area (TPSA) is 49.3 Å². The summed E-state index contributed by atoms with van der Waals surface area (Å²) < 4.78 is 13.4. The van der Waals surface area contributed by atoms with Crippen molar-refractivity contribution in [1.82, 2.24) is 5.32 Å². The van der Waals surface area contributed by atoms with Gasteiger partial charge in [0.15, 0.2) is 0 Å². The Labute approximate surface area is 102 Å². The molecule has 5 heteroatoms. The lowest BCUT2D eigenvalue weighted by Crippen LogP contribution is -2.31. The fourth-order valence-electron chi connectivity index (χ4n) is 1.27. The van der Waals surface area contributed by atoms with E-state index in [1.165, 1.54) is 6.07 Å². The van der Waals surface area contributed by atoms with Crippen molar-refractivity contribution in [1.29, 1.82) is 0 Å². The summed E-state index contributed by atoms with van der Waals surface area (Å²) in [7, 11) is 0. The molecule has 88 valence electrons. The SMILES string of the molecule is CC(C)NC(=O)c1cc(Br)c(F)cc1CO. The van der Waals surface area contributed by atoms with Crippen molar-refractivity contribution in [2.45, 2.75) is 26.5 Å². The van der Waals surface area contributed by atoms with Crippen LogP contribution in [0, 0.1) is 5.82 Å². The summed E-state index contributed by atoms with van der Waals surface area (Å²) in [5, 5.41) is 11.7. The number of nitrogens with one attached hydrogen (secondary N) is 1. The average Bonchev–Trinajstić information content (AvgIpc) is 2.20. The first-order valence-corrected chi connectivity index (χ1v) is 5.64. The predicted molar refractivity (Wildman–Crippen MR) is 62.6 cm³/mol. The van der Waals surface area contributed by atoms with E-state index < -0.39 is 5.82 Å². The molecule has 0 atom stereocenters. The zero-order valence-electron chi connectivity index (χ0n) is 9.05. The Morgan fingerprint density at radius 1 is 1.56 bits per heavy atom. The van der Waals surface area contributed by atoms with Crippen LogP contribution in [0.15, 0.2) is 16.6 Å². The zero-order chi connectivity index (χ0) is 12.3. The maximum Gasteiger partial charge on any atom is 0.251 e. The summed E-state index contributed by atoms with van der Waals surface area (Å²) in [6, 6.07) is 2.51. The third-order valence-corrected chi connectivity index (χ3v) is 2.59. The van der Waals surface area contributed by atoms with E-state index in [1.807, 2.05) is 13.8 Å². The summed E-state index contributed by atoms with van der Waals surface area (Å²) >= 11 is 3.01. The van der Waals surface area contributed by atoms with Crippen LogP contribution in [0.2, 0.25) is 0 Å². The summed E-state index contributed by atoms with van der Waals surface area (Å²) in [4.78, 5) is 11.7. The maximum absolute atomic E-state index is 13.2. The second kappa shape index (κ2) is 5.41. The number of benzene rings is 1. The van der Waals surface area contributed by atoms with E-state index in [9.17, 15) is 9.18 Å². The van der Waals surface area contributed by atoms with Crippen molar-refractivity contribution in [2.75, 3.05) is 0 Å². The Morgan fingerprint density at radius 2 is 2.19 bits per heavy atom. The molecular weight excluding hydrogens is 277 g/mol. The van der Waals surface area contributed by atoms with E-state index in [1.54, 1.807) is 0 Å². The van der Waals surface area contributed by atoms with Crippen molar-refractivity contribution in [3.8, 4) is 0 Å². The molecule has 16 heavy (non-hydrogen) atoms. The molecule has 2 N–H and O–H groups in total. The number of amides is 1. The second-order valence-electron chi connectivity index (χ2n) is 3.71. The van der Waals surface area contributed by atoms with E-state index in [-0.39, 0.29) is 34.2 Å². The van der Waals surface area contributed by atoms with Crippen molar-refractivity contribution in [2.24, 2.45) is 0 Å². The summed E-state index contributed by atoms with van der Waals surface area (Å²) in [5.74, 6) is -0.815. The van der Waals surface area contributed by atoms with Gasteiger partial charge in [0.2, 0.25) is 0 Å². The van der Waals surface area contributed by atoms with Gasteiger partial charge < -0.3 is 10.4 Å². The highest BCUT2D eigenvalue weighted by Gasteiger charge is 2.14. The van der Waals surface area contributed by atoms with Crippen LogP contribution < -0.4 is 5.32 Å². The third-order valence-electron chi connectivity index (χ3n) is 1.98. The van der Waals surface area contributed by atoms with Crippen LogP contribution in [-0.4, -0.2) is 17.1 Å². The molecule has 3 nitrogen and oxygen atoms in total. The lowest BCUT2D eigenvalue weighted by atomic mass is 10.1. The number of halogens is 2. The molecule has 0 fully saturated rings. The smallest absolute Gasteiger partial charge is 0.251 e. The van der Waals surface area contributed by atoms with Crippen LogP contribution in [0.25, 0.3) is 0 Å². The highest BCUT2D eigenvalue weighted by Crippen LogP contribution is 2.21. The fourth-order valence-corrected chi connectivity index (χ4v) is 1.61. The fraction of sp³-hybridized carbons (Fsp3) is 0.364. The molecule has 1 amide bonds. The number of hydrogen-bond donors (Lipinski definition) is 2. The standard InChI is InChI=1S/C11H13BrFNO2/c1-6(2)14-11(16)8-4-9(12)10(13)3-7(8)5-15/h3-4,6,15H,5H2,1-2H3,(H,14,16). The molecule has 0 radical (unpaired) electrons. The van der Waals surface area contributed by atoms with Crippen molar-refractivity contribution in [3.63, 3.8) is 0 Å². The van der Waals surface area contributed by atoms with Gasteiger partial charge in [0.25, 0.3) is 5.91 Å². The van der Waals surface area contributed by atoms with Gasteiger partial charge in [0.05, 0.1) is 11.1 Å². The first-order chi connectivity index (χ1) is 7.45. The molecule has 0 saturated carbocycles. The maximum atomic E-state index is 13.2. The molecule has 1 rings (SSSR count). The molecule has 0 aliphatic rings. The van der Waals surface area contributed by atoms with Crippen LogP contribution in [-0.2, 0) is 6.61 Å². The Kier molecular flexibility index (Phi) is 4.44. The van der Waals surface area contributed by atoms with Gasteiger partial charge in [-0.05, 0) is 47.5 Å². The van der Waals surface area contributed by atoms with Gasteiger partial charge in [0, 0.05) is 11.6 Å². The Balaban J connectivity index is 3.11. The lowest BCUT2D eigenvalue weighted by Gasteiger charge is -2.12. The summed E-state index contributed by atoms with van der Waals surface area (Å²) in [6.45, 7) is 3.29. The van der Waals surface area contributed by atoms with E-state index in [2.05, 4.69) is 21.2 Å². The van der Waals surface area contributed by atoms with Gasteiger partial charge >= 0.3 is 0 Å². The number of carbonyl (C=O) groups excluding carboxylic acids is 1. The molecule has 0 unspecified atom stereocenters. The molecule has 0 aliphatic heterocycles. The molecule has 0 aliphatic carbocycles. The van der Waals surface area contributed by atoms with Gasteiger partial charge in [-0.1, -0.05) is 0 Å². The predicted octanol–water partition coefficient (Wildman–Crippen LogP) is 2.22. The molecule has 0 saturated heterocycles. The third kappa shape index (κ3) is 3.02. The minimum atomic E-state index is -0.495. The van der Waals surface area contributed by atoms with E-state index in [4.69, 9.17) is 5.11 Å². The van der Waals surface area contributed by atoms with Gasteiger partial charge in [-0.2, -0.15) is 0 Å². The first-order valence-electron chi connectivity index (χ1n) is 4.85. The lowest BCUT2D eigenvalue weighted by molar-refractivity contribution is 0.0940. The largest absolute Gasteiger partial charge is 0.392 e. The van der Waals surface area contributed by atoms with Crippen molar-refractivity contribution >= 4 is 21.8 Å². The highest BCUT2D eigenvalue weighted by atomic mass is 79.9. The van der Waals surface area contributed by atoms with Gasteiger partial charge in [0.1, 0.15) is 5.82 Å². The van der Waals surface area contributed by atoms with Gasteiger partial charge in [-0.3, -0.25) is 4.79 Å². The van der Waals surface area contributed by atoms with Crippen LogP contribution in [0.4, 0.5) is 4.39 Å². The number of aliphatic hydroxyl groups is 1. The van der Waals surface area contributed by atoms with Crippen molar-refractivity contribution in [3.05, 3.63) is 33.5 Å². The Hall–Kier alpha value is -0.940. The molecule has 0 aromatic heterocycles. The summed E-state index contributed by atoms with van der Waals surface area (Å²) in [5.41, 5.74) is 0.559. The Morgan fingerprint density at radius 3 is 2.69 bits per heavy atom. The summed E-state index contributed by atoms with van der Waals surface area (Å²) in [6.07, 6.45) is 0. The van der Waals surface area contributed by atoms with Gasteiger partial charge in [-0.15, -0.1) is 0 Å². The van der Waals surface area contributed by atoms with E-state index in [0.717, 1.165) is 6.07 Å². The monoisotopic (exact) mass is 289 g/mol. The first kappa shape index (κ1) is 13.1. The molecular formula is C11H13BrFNO2. The molecule has 0 bridgehead atoms. The van der Waals surface area contributed by atoms with Crippen molar-refractivity contribution < 1.29 is 14.3 Å². The highest BCUT2D eigenvalue weighted by molar-refractivity contribution is 9.10.